The first-order chi connectivity index (χ1) is 7.63. The van der Waals surface area contributed by atoms with E-state index in [2.05, 4.69) is 15.1 Å². The first-order valence-electron chi connectivity index (χ1n) is 5.52. The number of rotatable bonds is 3. The zero-order chi connectivity index (χ0) is 11.7. The number of hydrogen-bond donors (Lipinski definition) is 1. The molecule has 5 heteroatoms. The summed E-state index contributed by atoms with van der Waals surface area (Å²) >= 11 is 0. The van der Waals surface area contributed by atoms with Crippen molar-refractivity contribution < 1.29 is 4.52 Å². The summed E-state index contributed by atoms with van der Waals surface area (Å²) in [5.74, 6) is 0.800. The number of nitrogens with one attached hydrogen (secondary N) is 1. The van der Waals surface area contributed by atoms with Gasteiger partial charge in [-0.2, -0.15) is 4.98 Å². The molecule has 2 rings (SSSR count). The molecule has 0 bridgehead atoms. The lowest BCUT2D eigenvalue weighted by Crippen LogP contribution is -2.13. The Kier molecular flexibility index (Phi) is 2.77. The van der Waals surface area contributed by atoms with Crippen LogP contribution in [-0.2, 0) is 6.42 Å². The Balaban J connectivity index is 2.64. The predicted molar refractivity (Wildman–Crippen MR) is 60.5 cm³/mol. The Morgan fingerprint density at radius 2 is 2.19 bits per heavy atom. The Hall–Kier alpha value is -1.65. The fraction of sp³-hybridized carbons (Fsp3) is 0.545. The number of fused-ring (bicyclic) bond motifs is 1. The van der Waals surface area contributed by atoms with E-state index in [0.717, 1.165) is 12.8 Å². The Bertz CT molecular complexity index is 554. The van der Waals surface area contributed by atoms with Crippen LogP contribution in [0.3, 0.4) is 0 Å². The molecule has 5 nitrogen and oxygen atoms in total. The van der Waals surface area contributed by atoms with E-state index in [9.17, 15) is 4.79 Å². The zero-order valence-electron chi connectivity index (χ0n) is 9.70. The summed E-state index contributed by atoms with van der Waals surface area (Å²) in [6, 6.07) is 0. The van der Waals surface area contributed by atoms with Crippen molar-refractivity contribution in [3.05, 3.63) is 21.9 Å². The van der Waals surface area contributed by atoms with Gasteiger partial charge in [0, 0.05) is 5.92 Å². The molecule has 16 heavy (non-hydrogen) atoms. The number of aryl methyl sites for hydroxylation is 1. The van der Waals surface area contributed by atoms with Crippen LogP contribution in [0.15, 0.2) is 9.32 Å². The molecule has 0 saturated heterocycles. The molecule has 86 valence electrons. The second kappa shape index (κ2) is 4.08. The molecular formula is C11H15N3O2. The lowest BCUT2D eigenvalue weighted by atomic mass is 10.2. The molecule has 0 aliphatic rings. The molecule has 0 aromatic carbocycles. The van der Waals surface area contributed by atoms with Gasteiger partial charge in [-0.1, -0.05) is 32.3 Å². The summed E-state index contributed by atoms with van der Waals surface area (Å²) in [4.78, 5) is 18.9. The van der Waals surface area contributed by atoms with Crippen LogP contribution < -0.4 is 5.56 Å². The van der Waals surface area contributed by atoms with E-state index in [1.54, 1.807) is 0 Å². The van der Waals surface area contributed by atoms with E-state index in [1.807, 2.05) is 20.8 Å². The van der Waals surface area contributed by atoms with Crippen molar-refractivity contribution >= 4 is 11.1 Å². The molecule has 0 radical (unpaired) electrons. The maximum absolute atomic E-state index is 11.9. The topological polar surface area (TPSA) is 71.8 Å². The molecular weight excluding hydrogens is 206 g/mol. The van der Waals surface area contributed by atoms with E-state index in [0.29, 0.717) is 22.6 Å². The third kappa shape index (κ3) is 1.73. The highest BCUT2D eigenvalue weighted by atomic mass is 16.5. The third-order valence-electron chi connectivity index (χ3n) is 2.47. The van der Waals surface area contributed by atoms with Gasteiger partial charge in [-0.15, -0.1) is 0 Å². The largest absolute Gasteiger partial charge is 0.335 e. The lowest BCUT2D eigenvalue weighted by Gasteiger charge is -2.01. The second-order valence-corrected chi connectivity index (χ2v) is 4.17. The summed E-state index contributed by atoms with van der Waals surface area (Å²) in [6.45, 7) is 5.96. The van der Waals surface area contributed by atoms with Crippen LogP contribution in [0, 0.1) is 0 Å². The minimum absolute atomic E-state index is 0.154. The highest BCUT2D eigenvalue weighted by Gasteiger charge is 2.15. The zero-order valence-corrected chi connectivity index (χ0v) is 9.70. The van der Waals surface area contributed by atoms with Crippen molar-refractivity contribution in [2.24, 2.45) is 0 Å². The minimum atomic E-state index is -0.154. The van der Waals surface area contributed by atoms with E-state index in [-0.39, 0.29) is 11.5 Å². The second-order valence-electron chi connectivity index (χ2n) is 4.17. The van der Waals surface area contributed by atoms with Crippen LogP contribution in [-0.4, -0.2) is 15.1 Å². The fourth-order valence-corrected chi connectivity index (χ4v) is 1.61. The quantitative estimate of drug-likeness (QED) is 0.860. The molecule has 2 aromatic rings. The van der Waals surface area contributed by atoms with E-state index in [1.165, 1.54) is 0 Å². The molecule has 2 heterocycles. The maximum Gasteiger partial charge on any atom is 0.265 e. The molecule has 0 amide bonds. The molecule has 0 aliphatic carbocycles. The van der Waals surface area contributed by atoms with E-state index in [4.69, 9.17) is 4.52 Å². The van der Waals surface area contributed by atoms with E-state index < -0.39 is 0 Å². The fourth-order valence-electron chi connectivity index (χ4n) is 1.61. The smallest absolute Gasteiger partial charge is 0.265 e. The van der Waals surface area contributed by atoms with Crippen molar-refractivity contribution in [3.63, 3.8) is 0 Å². The summed E-state index contributed by atoms with van der Waals surface area (Å²) in [6.07, 6.45) is 1.66. The number of aromatic amines is 1. The SMILES string of the molecule is CCCc1noc2nc(C(C)C)[nH]c(=O)c12. The van der Waals surface area contributed by atoms with Crippen molar-refractivity contribution in [3.8, 4) is 0 Å². The molecule has 0 fully saturated rings. The molecule has 1 N–H and O–H groups in total. The number of hydrogen-bond acceptors (Lipinski definition) is 4. The van der Waals surface area contributed by atoms with E-state index >= 15 is 0 Å². The van der Waals surface area contributed by atoms with Gasteiger partial charge in [0.2, 0.25) is 0 Å². The van der Waals surface area contributed by atoms with Crippen LogP contribution in [0.1, 0.15) is 44.6 Å². The maximum atomic E-state index is 11.9. The molecule has 0 aliphatic heterocycles. The van der Waals surface area contributed by atoms with Crippen molar-refractivity contribution in [2.45, 2.75) is 39.5 Å². The van der Waals surface area contributed by atoms with Gasteiger partial charge < -0.3 is 9.51 Å². The van der Waals surface area contributed by atoms with Crippen molar-refractivity contribution in [1.29, 1.82) is 0 Å². The summed E-state index contributed by atoms with van der Waals surface area (Å²) in [5.41, 5.74) is 0.885. The Morgan fingerprint density at radius 3 is 2.81 bits per heavy atom. The highest BCUT2D eigenvalue weighted by molar-refractivity contribution is 5.74. The lowest BCUT2D eigenvalue weighted by molar-refractivity contribution is 0.436. The number of nitrogens with zero attached hydrogens (tertiary/aromatic N) is 2. The van der Waals surface area contributed by atoms with Crippen LogP contribution >= 0.6 is 0 Å². The van der Waals surface area contributed by atoms with Gasteiger partial charge in [0.1, 0.15) is 11.2 Å². The van der Waals surface area contributed by atoms with Crippen molar-refractivity contribution in [2.75, 3.05) is 0 Å². The van der Waals surface area contributed by atoms with Crippen LogP contribution in [0.25, 0.3) is 11.1 Å². The number of aromatic nitrogens is 3. The Labute approximate surface area is 92.9 Å². The summed E-state index contributed by atoms with van der Waals surface area (Å²) in [5, 5.41) is 4.38. The molecule has 0 spiro atoms. The monoisotopic (exact) mass is 221 g/mol. The molecule has 0 unspecified atom stereocenters. The molecule has 0 atom stereocenters. The van der Waals surface area contributed by atoms with Gasteiger partial charge in [0.05, 0.1) is 5.69 Å². The van der Waals surface area contributed by atoms with Gasteiger partial charge >= 0.3 is 0 Å². The van der Waals surface area contributed by atoms with Gasteiger partial charge in [-0.25, -0.2) is 0 Å². The van der Waals surface area contributed by atoms with Gasteiger partial charge in [0.15, 0.2) is 0 Å². The van der Waals surface area contributed by atoms with Gasteiger partial charge in [0.25, 0.3) is 11.3 Å². The first-order valence-corrected chi connectivity index (χ1v) is 5.52. The average Bonchev–Trinajstić information content (AvgIpc) is 2.62. The normalized spacial score (nSPS) is 11.5. The predicted octanol–water partition coefficient (Wildman–Crippen LogP) is 1.99. The standard InChI is InChI=1S/C11H15N3O2/c1-4-5-7-8-10(15)12-9(6(2)3)13-11(8)16-14-7/h6H,4-5H2,1-3H3,(H,12,13,15). The van der Waals surface area contributed by atoms with Gasteiger partial charge in [-0.3, -0.25) is 4.79 Å². The average molecular weight is 221 g/mol. The molecule has 2 aromatic heterocycles. The van der Waals surface area contributed by atoms with Crippen LogP contribution in [0.4, 0.5) is 0 Å². The minimum Gasteiger partial charge on any atom is -0.335 e. The van der Waals surface area contributed by atoms with Crippen LogP contribution in [0.2, 0.25) is 0 Å². The first kappa shape index (κ1) is 10.9. The molecule has 0 saturated carbocycles. The summed E-state index contributed by atoms with van der Waals surface area (Å²) in [7, 11) is 0. The summed E-state index contributed by atoms with van der Waals surface area (Å²) < 4.78 is 5.09. The third-order valence-corrected chi connectivity index (χ3v) is 2.47. The van der Waals surface area contributed by atoms with Crippen LogP contribution in [0.5, 0.6) is 0 Å². The number of H-pyrrole nitrogens is 1. The highest BCUT2D eigenvalue weighted by Crippen LogP contribution is 2.16. The Morgan fingerprint density at radius 1 is 1.44 bits per heavy atom. The van der Waals surface area contributed by atoms with Gasteiger partial charge in [-0.05, 0) is 6.42 Å². The van der Waals surface area contributed by atoms with Crippen molar-refractivity contribution in [1.82, 2.24) is 15.1 Å².